The molecule has 1 aromatic carbocycles. The van der Waals surface area contributed by atoms with Crippen LogP contribution in [0.5, 0.6) is 5.75 Å². The molecule has 0 bridgehead atoms. The number of methoxy groups -OCH3 is 1. The fraction of sp³-hybridized carbons (Fsp3) is 0.333. The van der Waals surface area contributed by atoms with Crippen molar-refractivity contribution < 1.29 is 8.95 Å². The van der Waals surface area contributed by atoms with Crippen LogP contribution in [0.25, 0.3) is 0 Å². The van der Waals surface area contributed by atoms with Crippen LogP contribution in [0.4, 0.5) is 11.4 Å². The third kappa shape index (κ3) is 2.63. The van der Waals surface area contributed by atoms with Crippen LogP contribution in [-0.2, 0) is 9.73 Å². The fourth-order valence-corrected chi connectivity index (χ4v) is 1.69. The molecule has 0 saturated carbocycles. The van der Waals surface area contributed by atoms with Crippen molar-refractivity contribution in [3.63, 3.8) is 0 Å². The van der Waals surface area contributed by atoms with E-state index in [0.717, 1.165) is 0 Å². The molecule has 0 spiro atoms. The highest BCUT2D eigenvalue weighted by Crippen LogP contribution is 2.33. The van der Waals surface area contributed by atoms with Gasteiger partial charge in [0.05, 0.1) is 12.8 Å². The normalized spacial score (nSPS) is 11.1. The van der Waals surface area contributed by atoms with E-state index in [1.165, 1.54) is 7.11 Å². The monoisotopic (exact) mass is 214 g/mol. The molecule has 78 valence electrons. The number of nitrogens with zero attached hydrogens (tertiary/aromatic N) is 1. The van der Waals surface area contributed by atoms with Gasteiger partial charge in [-0.1, -0.05) is 6.07 Å². The molecule has 0 radical (unpaired) electrons. The molecule has 0 amide bonds. The van der Waals surface area contributed by atoms with Crippen LogP contribution in [0.2, 0.25) is 0 Å². The third-order valence-corrected chi connectivity index (χ3v) is 2.18. The van der Waals surface area contributed by atoms with Crippen LogP contribution in [0, 0.1) is 0 Å². The summed E-state index contributed by atoms with van der Waals surface area (Å²) in [6, 6.07) is 5.19. The largest absolute Gasteiger partial charge is 0.492 e. The number of para-hydroxylation sites is 1. The molecule has 1 aromatic rings. The molecule has 1 rings (SSSR count). The Balaban J connectivity index is 3.36. The molecule has 0 unspecified atom stereocenters. The van der Waals surface area contributed by atoms with E-state index in [-0.39, 0.29) is 0 Å². The van der Waals surface area contributed by atoms with Gasteiger partial charge < -0.3 is 10.5 Å². The van der Waals surface area contributed by atoms with Gasteiger partial charge in [0.2, 0.25) is 0 Å². The number of nitrogens with two attached hydrogens (primary N) is 1. The summed E-state index contributed by atoms with van der Waals surface area (Å²) in [5.74, 6) is 0.476. The van der Waals surface area contributed by atoms with Gasteiger partial charge in [-0.15, -0.1) is 0 Å². The molecule has 2 N–H and O–H groups in total. The molecule has 0 saturated heterocycles. The van der Waals surface area contributed by atoms with Crippen LogP contribution < -0.4 is 10.5 Å². The number of hydrogen-bond donors (Lipinski definition) is 1. The molecule has 0 aliphatic carbocycles. The Kier molecular flexibility index (Phi) is 3.00. The quantitative estimate of drug-likeness (QED) is 0.761. The van der Waals surface area contributed by atoms with Gasteiger partial charge >= 0.3 is 0 Å². The molecule has 0 atom stereocenters. The molecule has 0 heterocycles. The first kappa shape index (κ1) is 10.8. The summed E-state index contributed by atoms with van der Waals surface area (Å²) in [7, 11) is -0.675. The summed E-state index contributed by atoms with van der Waals surface area (Å²) >= 11 is 0. The number of rotatable bonds is 2. The van der Waals surface area contributed by atoms with Gasteiger partial charge in [-0.2, -0.15) is 4.36 Å². The first-order valence-corrected chi connectivity index (χ1v) is 6.37. The lowest BCUT2D eigenvalue weighted by atomic mass is 10.2. The first-order valence-electron chi connectivity index (χ1n) is 4.03. The zero-order valence-electron chi connectivity index (χ0n) is 8.48. The summed E-state index contributed by atoms with van der Waals surface area (Å²) < 4.78 is 20.6. The van der Waals surface area contributed by atoms with E-state index >= 15 is 0 Å². The minimum atomic E-state index is -2.19. The highest BCUT2D eigenvalue weighted by Gasteiger charge is 2.05. The minimum absolute atomic E-state index is 0.476. The molecular weight excluding hydrogens is 200 g/mol. The second-order valence-electron chi connectivity index (χ2n) is 3.17. The molecule has 0 fully saturated rings. The van der Waals surface area contributed by atoms with E-state index in [2.05, 4.69) is 4.36 Å². The first-order chi connectivity index (χ1) is 6.44. The van der Waals surface area contributed by atoms with Crippen molar-refractivity contribution in [3.05, 3.63) is 18.2 Å². The van der Waals surface area contributed by atoms with Gasteiger partial charge in [0.15, 0.2) is 5.75 Å². The Morgan fingerprint density at radius 3 is 2.57 bits per heavy atom. The molecule has 0 aromatic heterocycles. The van der Waals surface area contributed by atoms with Crippen molar-refractivity contribution in [1.82, 2.24) is 0 Å². The standard InChI is InChI=1S/C9H14N2O2S/c1-13-9-7(10)5-4-6-8(9)11-14(2,3)12/h4-6H,10H2,1-3H3. The highest BCUT2D eigenvalue weighted by molar-refractivity contribution is 7.92. The lowest BCUT2D eigenvalue weighted by Gasteiger charge is -2.07. The Labute approximate surface area is 84.3 Å². The van der Waals surface area contributed by atoms with Crippen LogP contribution >= 0.6 is 0 Å². The lowest BCUT2D eigenvalue weighted by Crippen LogP contribution is -1.94. The van der Waals surface area contributed by atoms with Crippen molar-refractivity contribution in [2.24, 2.45) is 4.36 Å². The third-order valence-electron chi connectivity index (χ3n) is 1.55. The van der Waals surface area contributed by atoms with Crippen molar-refractivity contribution in [3.8, 4) is 5.75 Å². The van der Waals surface area contributed by atoms with E-state index in [1.54, 1.807) is 30.7 Å². The zero-order valence-corrected chi connectivity index (χ0v) is 9.30. The highest BCUT2D eigenvalue weighted by atomic mass is 32.2. The maximum atomic E-state index is 11.5. The number of hydrogen-bond acceptors (Lipinski definition) is 4. The van der Waals surface area contributed by atoms with Crippen LogP contribution in [-0.4, -0.2) is 23.8 Å². The number of anilines is 1. The van der Waals surface area contributed by atoms with Gasteiger partial charge in [-0.05, 0) is 12.1 Å². The van der Waals surface area contributed by atoms with Gasteiger partial charge in [0.1, 0.15) is 5.69 Å². The topological polar surface area (TPSA) is 64.7 Å². The van der Waals surface area contributed by atoms with Gasteiger partial charge in [0.25, 0.3) is 0 Å². The average molecular weight is 214 g/mol. The smallest absolute Gasteiger partial charge is 0.168 e. The minimum Gasteiger partial charge on any atom is -0.492 e. The van der Waals surface area contributed by atoms with Gasteiger partial charge in [-0.3, -0.25) is 0 Å². The van der Waals surface area contributed by atoms with Crippen molar-refractivity contribution in [2.75, 3.05) is 25.4 Å². The molecular formula is C9H14N2O2S. The van der Waals surface area contributed by atoms with Crippen LogP contribution in [0.3, 0.4) is 0 Å². The average Bonchev–Trinajstić information content (AvgIpc) is 2.01. The van der Waals surface area contributed by atoms with Gasteiger partial charge in [0, 0.05) is 22.2 Å². The van der Waals surface area contributed by atoms with E-state index in [9.17, 15) is 4.21 Å². The summed E-state index contributed by atoms with van der Waals surface area (Å²) in [4.78, 5) is 0. The summed E-state index contributed by atoms with van der Waals surface area (Å²) in [6.45, 7) is 0. The van der Waals surface area contributed by atoms with Gasteiger partial charge in [-0.25, -0.2) is 4.21 Å². The maximum absolute atomic E-state index is 11.5. The summed E-state index contributed by atoms with van der Waals surface area (Å²) in [6.07, 6.45) is 3.13. The Bertz CT molecular complexity index is 440. The predicted octanol–water partition coefficient (Wildman–Crippen LogP) is 1.64. The Morgan fingerprint density at radius 1 is 1.43 bits per heavy atom. The predicted molar refractivity (Wildman–Crippen MR) is 59.5 cm³/mol. The van der Waals surface area contributed by atoms with Crippen molar-refractivity contribution >= 4 is 21.1 Å². The SMILES string of the molecule is COc1c(N)cccc1N=S(C)(C)=O. The van der Waals surface area contributed by atoms with E-state index in [4.69, 9.17) is 10.5 Å². The van der Waals surface area contributed by atoms with E-state index < -0.39 is 9.73 Å². The Morgan fingerprint density at radius 2 is 2.07 bits per heavy atom. The fourth-order valence-electron chi connectivity index (χ4n) is 1.07. The van der Waals surface area contributed by atoms with E-state index in [0.29, 0.717) is 17.1 Å². The van der Waals surface area contributed by atoms with E-state index in [1.807, 2.05) is 0 Å². The van der Waals surface area contributed by atoms with Crippen molar-refractivity contribution in [1.29, 1.82) is 0 Å². The second kappa shape index (κ2) is 3.88. The van der Waals surface area contributed by atoms with Crippen LogP contribution in [0.1, 0.15) is 0 Å². The maximum Gasteiger partial charge on any atom is 0.168 e. The lowest BCUT2D eigenvalue weighted by molar-refractivity contribution is 0.418. The molecule has 4 nitrogen and oxygen atoms in total. The molecule has 5 heteroatoms. The summed E-state index contributed by atoms with van der Waals surface area (Å²) in [5, 5.41) is 0. The molecule has 14 heavy (non-hydrogen) atoms. The number of benzene rings is 1. The molecule has 0 aliphatic heterocycles. The van der Waals surface area contributed by atoms with Crippen LogP contribution in [0.15, 0.2) is 22.6 Å². The number of nitrogen functional groups attached to an aromatic ring is 1. The second-order valence-corrected chi connectivity index (χ2v) is 5.72. The Hall–Kier alpha value is -1.23. The van der Waals surface area contributed by atoms with Crippen molar-refractivity contribution in [2.45, 2.75) is 0 Å². The number of ether oxygens (including phenoxy) is 1. The molecule has 0 aliphatic rings. The summed E-state index contributed by atoms with van der Waals surface area (Å²) in [5.41, 5.74) is 6.70. The zero-order chi connectivity index (χ0) is 10.8.